The molecule has 1 saturated carbocycles. The number of nitrogens with zero attached hydrogens (tertiary/aromatic N) is 1. The number of hydrogen-bond donors (Lipinski definition) is 1. The Morgan fingerprint density at radius 3 is 2.37 bits per heavy atom. The Morgan fingerprint density at radius 1 is 1.21 bits per heavy atom. The summed E-state index contributed by atoms with van der Waals surface area (Å²) < 4.78 is 5.67. The zero-order valence-corrected chi connectivity index (χ0v) is 12.5. The number of ether oxygens (including phenoxy) is 1. The minimum Gasteiger partial charge on any atom is -0.388 e. The van der Waals surface area contributed by atoms with Gasteiger partial charge in [0.2, 0.25) is 0 Å². The minimum atomic E-state index is -0.850. The van der Waals surface area contributed by atoms with Crippen LogP contribution < -0.4 is 0 Å². The molecule has 0 aromatic carbocycles. The Balaban J connectivity index is 2.19. The Kier molecular flexibility index (Phi) is 3.95. The number of aliphatic hydroxyl groups is 1. The van der Waals surface area contributed by atoms with Gasteiger partial charge in [-0.1, -0.05) is 20.8 Å². The predicted molar refractivity (Wildman–Crippen MR) is 74.5 cm³/mol. The summed E-state index contributed by atoms with van der Waals surface area (Å²) in [7, 11) is 0. The van der Waals surface area contributed by atoms with Crippen LogP contribution in [0.5, 0.6) is 0 Å². The van der Waals surface area contributed by atoms with Gasteiger partial charge in [-0.15, -0.1) is 0 Å². The fourth-order valence-electron chi connectivity index (χ4n) is 3.66. The van der Waals surface area contributed by atoms with Gasteiger partial charge in [0.1, 0.15) is 0 Å². The number of nitriles is 1. The summed E-state index contributed by atoms with van der Waals surface area (Å²) in [6.45, 7) is 7.19. The topological polar surface area (TPSA) is 53.2 Å². The van der Waals surface area contributed by atoms with Gasteiger partial charge in [0.15, 0.2) is 0 Å². The van der Waals surface area contributed by atoms with Crippen molar-refractivity contribution in [2.24, 2.45) is 10.8 Å². The van der Waals surface area contributed by atoms with Crippen molar-refractivity contribution in [3.05, 3.63) is 0 Å². The molecule has 0 bridgehead atoms. The highest BCUT2D eigenvalue weighted by molar-refractivity contribution is 5.15. The Hall–Kier alpha value is -0.590. The molecule has 0 spiro atoms. The lowest BCUT2D eigenvalue weighted by Crippen LogP contribution is -2.55. The molecule has 1 aliphatic carbocycles. The molecule has 3 heteroatoms. The molecule has 0 radical (unpaired) electrons. The second-order valence-electron chi connectivity index (χ2n) is 7.24. The first-order chi connectivity index (χ1) is 8.86. The molecule has 1 N–H and O–H groups in total. The largest absolute Gasteiger partial charge is 0.388 e. The fourth-order valence-corrected chi connectivity index (χ4v) is 3.66. The molecule has 0 aromatic rings. The van der Waals surface area contributed by atoms with Crippen molar-refractivity contribution in [1.29, 1.82) is 5.26 Å². The van der Waals surface area contributed by atoms with E-state index >= 15 is 0 Å². The van der Waals surface area contributed by atoms with Crippen LogP contribution in [-0.4, -0.2) is 23.4 Å². The highest BCUT2D eigenvalue weighted by Gasteiger charge is 2.54. The molecule has 2 rings (SSSR count). The van der Waals surface area contributed by atoms with E-state index in [0.29, 0.717) is 24.9 Å². The van der Waals surface area contributed by atoms with Crippen LogP contribution >= 0.6 is 0 Å². The molecular weight excluding hydrogens is 238 g/mol. The lowest BCUT2D eigenvalue weighted by atomic mass is 9.56. The van der Waals surface area contributed by atoms with Crippen molar-refractivity contribution < 1.29 is 9.84 Å². The normalized spacial score (nSPS) is 37.5. The molecule has 0 aromatic heterocycles. The van der Waals surface area contributed by atoms with Gasteiger partial charge in [0.25, 0.3) is 0 Å². The molecule has 3 nitrogen and oxygen atoms in total. The first-order valence-corrected chi connectivity index (χ1v) is 7.62. The van der Waals surface area contributed by atoms with E-state index in [9.17, 15) is 10.4 Å². The Labute approximate surface area is 117 Å². The smallest absolute Gasteiger partial charge is 0.0879 e. The van der Waals surface area contributed by atoms with Crippen molar-refractivity contribution in [3.8, 4) is 6.07 Å². The van der Waals surface area contributed by atoms with Crippen molar-refractivity contribution in [3.63, 3.8) is 0 Å². The average Bonchev–Trinajstić information content (AvgIpc) is 2.39. The third-order valence-electron chi connectivity index (χ3n) is 5.45. The van der Waals surface area contributed by atoms with Crippen molar-refractivity contribution in [2.45, 2.75) is 77.4 Å². The lowest BCUT2D eigenvalue weighted by Gasteiger charge is -2.51. The van der Waals surface area contributed by atoms with Gasteiger partial charge in [-0.05, 0) is 37.5 Å². The van der Waals surface area contributed by atoms with Crippen LogP contribution in [0.1, 0.15) is 65.7 Å². The third-order valence-corrected chi connectivity index (χ3v) is 5.45. The van der Waals surface area contributed by atoms with Crippen LogP contribution in [0.4, 0.5) is 0 Å². The van der Waals surface area contributed by atoms with Gasteiger partial charge in [-0.3, -0.25) is 0 Å². The van der Waals surface area contributed by atoms with Crippen LogP contribution in [0.25, 0.3) is 0 Å². The fraction of sp³-hybridized carbons (Fsp3) is 0.938. The van der Waals surface area contributed by atoms with Gasteiger partial charge in [-0.2, -0.15) is 5.26 Å². The summed E-state index contributed by atoms with van der Waals surface area (Å²) in [6.07, 6.45) is 5.96. The second-order valence-corrected chi connectivity index (χ2v) is 7.24. The van der Waals surface area contributed by atoms with Crippen LogP contribution in [0, 0.1) is 22.2 Å². The van der Waals surface area contributed by atoms with Crippen molar-refractivity contribution in [2.75, 3.05) is 6.61 Å². The Morgan fingerprint density at radius 2 is 1.84 bits per heavy atom. The number of hydrogen-bond acceptors (Lipinski definition) is 3. The number of rotatable bonds is 2. The van der Waals surface area contributed by atoms with E-state index in [2.05, 4.69) is 26.8 Å². The molecule has 2 fully saturated rings. The van der Waals surface area contributed by atoms with Crippen LogP contribution in [0.3, 0.4) is 0 Å². The van der Waals surface area contributed by atoms with Crippen LogP contribution in [0.2, 0.25) is 0 Å². The summed E-state index contributed by atoms with van der Waals surface area (Å²) in [5.74, 6) is 0. The standard InChI is InChI=1S/C16H27NO2/c1-4-13-11-16(18,9-10-19-13)15(12-17)7-5-14(2,3)6-8-15/h13,18H,4-11H2,1-3H3. The lowest BCUT2D eigenvalue weighted by molar-refractivity contribution is -0.165. The molecule has 1 heterocycles. The predicted octanol–water partition coefficient (Wildman–Crippen LogP) is 3.42. The molecule has 1 saturated heterocycles. The van der Waals surface area contributed by atoms with Crippen LogP contribution in [0.15, 0.2) is 0 Å². The summed E-state index contributed by atoms with van der Waals surface area (Å²) in [4.78, 5) is 0. The van der Waals surface area contributed by atoms with E-state index in [-0.39, 0.29) is 6.10 Å². The van der Waals surface area contributed by atoms with E-state index in [1.54, 1.807) is 0 Å². The molecule has 108 valence electrons. The third kappa shape index (κ3) is 2.66. The minimum absolute atomic E-state index is 0.110. The van der Waals surface area contributed by atoms with E-state index in [1.165, 1.54) is 0 Å². The molecule has 1 aliphatic heterocycles. The summed E-state index contributed by atoms with van der Waals surface area (Å²) in [5.41, 5.74) is -1.09. The zero-order chi connectivity index (χ0) is 14.1. The van der Waals surface area contributed by atoms with Gasteiger partial charge in [0.05, 0.1) is 23.2 Å². The summed E-state index contributed by atoms with van der Waals surface area (Å²) >= 11 is 0. The SMILES string of the molecule is CCC1CC(O)(C2(C#N)CCC(C)(C)CC2)CCO1. The van der Waals surface area contributed by atoms with Gasteiger partial charge >= 0.3 is 0 Å². The van der Waals surface area contributed by atoms with Gasteiger partial charge in [-0.25, -0.2) is 0 Å². The zero-order valence-electron chi connectivity index (χ0n) is 12.5. The monoisotopic (exact) mass is 265 g/mol. The Bertz CT molecular complexity index is 361. The second kappa shape index (κ2) is 5.07. The highest BCUT2D eigenvalue weighted by atomic mass is 16.5. The van der Waals surface area contributed by atoms with Crippen molar-refractivity contribution >= 4 is 0 Å². The van der Waals surface area contributed by atoms with Crippen LogP contribution in [-0.2, 0) is 4.74 Å². The quantitative estimate of drug-likeness (QED) is 0.832. The van der Waals surface area contributed by atoms with E-state index in [4.69, 9.17) is 4.74 Å². The summed E-state index contributed by atoms with van der Waals surface area (Å²) in [6, 6.07) is 2.50. The first-order valence-electron chi connectivity index (χ1n) is 7.62. The van der Waals surface area contributed by atoms with Crippen molar-refractivity contribution in [1.82, 2.24) is 0 Å². The van der Waals surface area contributed by atoms with E-state index in [1.807, 2.05) is 0 Å². The maximum atomic E-state index is 11.1. The molecule has 19 heavy (non-hydrogen) atoms. The average molecular weight is 265 g/mol. The summed E-state index contributed by atoms with van der Waals surface area (Å²) in [5, 5.41) is 20.9. The maximum absolute atomic E-state index is 11.1. The molecule has 0 amide bonds. The van der Waals surface area contributed by atoms with E-state index < -0.39 is 11.0 Å². The molecule has 2 aliphatic rings. The molecule has 2 atom stereocenters. The molecular formula is C16H27NO2. The maximum Gasteiger partial charge on any atom is 0.0879 e. The molecule has 2 unspecified atom stereocenters. The van der Waals surface area contributed by atoms with Gasteiger partial charge in [0, 0.05) is 19.4 Å². The highest BCUT2D eigenvalue weighted by Crippen LogP contribution is 2.53. The first kappa shape index (κ1) is 14.8. The van der Waals surface area contributed by atoms with E-state index in [0.717, 1.165) is 32.1 Å². The van der Waals surface area contributed by atoms with Gasteiger partial charge < -0.3 is 9.84 Å².